The zero-order valence-electron chi connectivity index (χ0n) is 11.1. The molecule has 0 saturated carbocycles. The average Bonchev–Trinajstić information content (AvgIpc) is 2.47. The van der Waals surface area contributed by atoms with Crippen molar-refractivity contribution in [1.29, 1.82) is 0 Å². The van der Waals surface area contributed by atoms with Crippen molar-refractivity contribution in [2.45, 2.75) is 6.92 Å². The lowest BCUT2D eigenvalue weighted by molar-refractivity contribution is 0.328. The van der Waals surface area contributed by atoms with Crippen LogP contribution in [0, 0.1) is 0 Å². The average molecular weight is 257 g/mol. The van der Waals surface area contributed by atoms with E-state index in [9.17, 15) is 0 Å². The van der Waals surface area contributed by atoms with Gasteiger partial charge in [0, 0.05) is 6.54 Å². The largest absolute Gasteiger partial charge is 0.494 e. The van der Waals surface area contributed by atoms with Crippen LogP contribution >= 0.6 is 0 Å². The van der Waals surface area contributed by atoms with Gasteiger partial charge in [-0.1, -0.05) is 24.3 Å². The van der Waals surface area contributed by atoms with E-state index in [1.165, 1.54) is 0 Å². The Kier molecular flexibility index (Phi) is 4.81. The first-order chi connectivity index (χ1) is 9.33. The summed E-state index contributed by atoms with van der Waals surface area (Å²) in [5, 5.41) is 0. The molecule has 3 nitrogen and oxygen atoms in total. The first kappa shape index (κ1) is 13.4. The Labute approximate surface area is 114 Å². The molecule has 0 amide bonds. The summed E-state index contributed by atoms with van der Waals surface area (Å²) in [7, 11) is 0. The fraction of sp³-hybridized carbons (Fsp3) is 0.250. The van der Waals surface area contributed by atoms with Gasteiger partial charge in [-0.25, -0.2) is 0 Å². The van der Waals surface area contributed by atoms with Gasteiger partial charge in [-0.15, -0.1) is 0 Å². The molecule has 2 aromatic carbocycles. The Bertz CT molecular complexity index is 491. The van der Waals surface area contributed by atoms with E-state index < -0.39 is 0 Å². The minimum absolute atomic E-state index is 0.528. The molecule has 19 heavy (non-hydrogen) atoms. The van der Waals surface area contributed by atoms with Crippen LogP contribution in [0.3, 0.4) is 0 Å². The maximum Gasteiger partial charge on any atom is 0.119 e. The second kappa shape index (κ2) is 6.81. The van der Waals surface area contributed by atoms with Crippen LogP contribution in [-0.4, -0.2) is 19.8 Å². The molecule has 0 aliphatic heterocycles. The molecule has 2 rings (SSSR count). The third-order valence-electron chi connectivity index (χ3n) is 2.74. The summed E-state index contributed by atoms with van der Waals surface area (Å²) >= 11 is 0. The van der Waals surface area contributed by atoms with Crippen molar-refractivity contribution in [1.82, 2.24) is 0 Å². The Hall–Kier alpha value is -2.00. The van der Waals surface area contributed by atoms with Crippen LogP contribution in [0.15, 0.2) is 48.5 Å². The van der Waals surface area contributed by atoms with Crippen molar-refractivity contribution in [3.8, 4) is 22.6 Å². The fourth-order valence-electron chi connectivity index (χ4n) is 1.83. The van der Waals surface area contributed by atoms with Crippen molar-refractivity contribution in [3.63, 3.8) is 0 Å². The predicted octanol–water partition coefficient (Wildman–Crippen LogP) is 3.09. The fourth-order valence-corrected chi connectivity index (χ4v) is 1.83. The van der Waals surface area contributed by atoms with Crippen LogP contribution in [0.2, 0.25) is 0 Å². The summed E-state index contributed by atoms with van der Waals surface area (Å²) in [5.74, 6) is 1.74. The predicted molar refractivity (Wildman–Crippen MR) is 77.6 cm³/mol. The molecule has 0 aromatic heterocycles. The maximum atomic E-state index is 5.45. The summed E-state index contributed by atoms with van der Waals surface area (Å²) < 4.78 is 10.9. The van der Waals surface area contributed by atoms with Gasteiger partial charge in [0.25, 0.3) is 0 Å². The molecule has 0 spiro atoms. The van der Waals surface area contributed by atoms with Crippen LogP contribution < -0.4 is 15.2 Å². The van der Waals surface area contributed by atoms with Gasteiger partial charge in [0.05, 0.1) is 6.61 Å². The SMILES string of the molecule is CCOc1ccc(-c2ccc(OCCN)cc2)cc1. The Morgan fingerprint density at radius 3 is 1.68 bits per heavy atom. The minimum Gasteiger partial charge on any atom is -0.494 e. The van der Waals surface area contributed by atoms with Crippen LogP contribution in [0.5, 0.6) is 11.5 Å². The Morgan fingerprint density at radius 1 is 0.789 bits per heavy atom. The van der Waals surface area contributed by atoms with Crippen LogP contribution in [0.25, 0.3) is 11.1 Å². The third kappa shape index (κ3) is 3.73. The number of nitrogens with two attached hydrogens (primary N) is 1. The summed E-state index contributed by atoms with van der Waals surface area (Å²) in [4.78, 5) is 0. The lowest BCUT2D eigenvalue weighted by atomic mass is 10.1. The second-order valence-electron chi connectivity index (χ2n) is 4.12. The molecule has 0 aliphatic rings. The third-order valence-corrected chi connectivity index (χ3v) is 2.74. The lowest BCUT2D eigenvalue weighted by Gasteiger charge is -2.07. The van der Waals surface area contributed by atoms with E-state index in [-0.39, 0.29) is 0 Å². The number of benzene rings is 2. The van der Waals surface area contributed by atoms with Gasteiger partial charge in [-0.05, 0) is 42.3 Å². The Morgan fingerprint density at radius 2 is 1.26 bits per heavy atom. The Balaban J connectivity index is 2.08. The van der Waals surface area contributed by atoms with Gasteiger partial charge < -0.3 is 15.2 Å². The lowest BCUT2D eigenvalue weighted by Crippen LogP contribution is -2.10. The van der Waals surface area contributed by atoms with Crippen molar-refractivity contribution in [3.05, 3.63) is 48.5 Å². The van der Waals surface area contributed by atoms with Crippen LogP contribution in [0.1, 0.15) is 6.92 Å². The van der Waals surface area contributed by atoms with Gasteiger partial charge >= 0.3 is 0 Å². The molecule has 0 aliphatic carbocycles. The first-order valence-corrected chi connectivity index (χ1v) is 6.49. The van der Waals surface area contributed by atoms with Crippen molar-refractivity contribution >= 4 is 0 Å². The molecule has 2 N–H and O–H groups in total. The van der Waals surface area contributed by atoms with E-state index in [0.29, 0.717) is 19.8 Å². The number of rotatable bonds is 6. The summed E-state index contributed by atoms with van der Waals surface area (Å²) in [6, 6.07) is 16.1. The van der Waals surface area contributed by atoms with E-state index in [1.54, 1.807) is 0 Å². The number of hydrogen-bond donors (Lipinski definition) is 1. The molecule has 0 heterocycles. The molecule has 100 valence electrons. The van der Waals surface area contributed by atoms with E-state index in [4.69, 9.17) is 15.2 Å². The minimum atomic E-state index is 0.528. The molecule has 0 unspecified atom stereocenters. The van der Waals surface area contributed by atoms with Gasteiger partial charge in [0.2, 0.25) is 0 Å². The molecule has 0 radical (unpaired) electrons. The number of hydrogen-bond acceptors (Lipinski definition) is 3. The molecule has 0 bridgehead atoms. The van der Waals surface area contributed by atoms with Gasteiger partial charge in [0.15, 0.2) is 0 Å². The molecule has 0 saturated heterocycles. The molecule has 2 aromatic rings. The van der Waals surface area contributed by atoms with Gasteiger partial charge in [-0.3, -0.25) is 0 Å². The summed E-state index contributed by atoms with van der Waals surface area (Å²) in [5.41, 5.74) is 7.72. The van der Waals surface area contributed by atoms with E-state index in [1.807, 2.05) is 43.3 Å². The summed E-state index contributed by atoms with van der Waals surface area (Å²) in [6.45, 7) is 3.74. The molecule has 0 fully saturated rings. The van der Waals surface area contributed by atoms with E-state index in [0.717, 1.165) is 22.6 Å². The van der Waals surface area contributed by atoms with E-state index in [2.05, 4.69) is 12.1 Å². The highest BCUT2D eigenvalue weighted by Gasteiger charge is 1.99. The maximum absolute atomic E-state index is 5.45. The van der Waals surface area contributed by atoms with Crippen LogP contribution in [-0.2, 0) is 0 Å². The zero-order valence-corrected chi connectivity index (χ0v) is 11.1. The smallest absolute Gasteiger partial charge is 0.119 e. The summed E-state index contributed by atoms with van der Waals surface area (Å²) in [6.07, 6.45) is 0. The molecular formula is C16H19NO2. The zero-order chi connectivity index (χ0) is 13.5. The second-order valence-corrected chi connectivity index (χ2v) is 4.12. The quantitative estimate of drug-likeness (QED) is 0.865. The van der Waals surface area contributed by atoms with E-state index >= 15 is 0 Å². The monoisotopic (exact) mass is 257 g/mol. The van der Waals surface area contributed by atoms with Crippen molar-refractivity contribution in [2.75, 3.05) is 19.8 Å². The first-order valence-electron chi connectivity index (χ1n) is 6.49. The topological polar surface area (TPSA) is 44.5 Å². The van der Waals surface area contributed by atoms with Crippen molar-refractivity contribution < 1.29 is 9.47 Å². The standard InChI is InChI=1S/C16H19NO2/c1-2-18-15-7-3-13(4-8-15)14-5-9-16(10-6-14)19-12-11-17/h3-10H,2,11-12,17H2,1H3. The highest BCUT2D eigenvalue weighted by molar-refractivity contribution is 5.64. The van der Waals surface area contributed by atoms with Gasteiger partial charge in [0.1, 0.15) is 18.1 Å². The highest BCUT2D eigenvalue weighted by atomic mass is 16.5. The normalized spacial score (nSPS) is 10.2. The molecular weight excluding hydrogens is 238 g/mol. The van der Waals surface area contributed by atoms with Crippen LogP contribution in [0.4, 0.5) is 0 Å². The highest BCUT2D eigenvalue weighted by Crippen LogP contribution is 2.24. The molecule has 0 atom stereocenters. The number of ether oxygens (including phenoxy) is 2. The van der Waals surface area contributed by atoms with Gasteiger partial charge in [-0.2, -0.15) is 0 Å². The molecule has 3 heteroatoms. The van der Waals surface area contributed by atoms with Crippen molar-refractivity contribution in [2.24, 2.45) is 5.73 Å².